The molecule has 0 bridgehead atoms. The maximum absolute atomic E-state index is 12.7. The first-order valence-electron chi connectivity index (χ1n) is 8.65. The molecular formula is C18H23N5O2S. The number of hydrogen-bond donors (Lipinski definition) is 0. The summed E-state index contributed by atoms with van der Waals surface area (Å²) in [5.74, 6) is 0.468. The molecule has 3 aromatic rings. The predicted octanol–water partition coefficient (Wildman–Crippen LogP) is 2.84. The smallest absolute Gasteiger partial charge is 0.348 e. The SMILES string of the molecule is Cc1cc(C(=O)Cn2nnn(-c3cccs3)c2=O)c(C)n1CCC(C)C. The highest BCUT2D eigenvalue weighted by molar-refractivity contribution is 7.12. The zero-order valence-electron chi connectivity index (χ0n) is 15.5. The summed E-state index contributed by atoms with van der Waals surface area (Å²) in [6, 6.07) is 5.52. The van der Waals surface area contributed by atoms with Crippen LogP contribution in [-0.2, 0) is 13.1 Å². The molecule has 0 radical (unpaired) electrons. The first-order chi connectivity index (χ1) is 12.4. The molecule has 0 amide bonds. The highest BCUT2D eigenvalue weighted by atomic mass is 32.1. The van der Waals surface area contributed by atoms with Crippen LogP contribution in [0.3, 0.4) is 0 Å². The van der Waals surface area contributed by atoms with Crippen molar-refractivity contribution in [3.63, 3.8) is 0 Å². The molecule has 0 spiro atoms. The minimum Gasteiger partial charge on any atom is -0.348 e. The lowest BCUT2D eigenvalue weighted by atomic mass is 10.1. The zero-order chi connectivity index (χ0) is 18.8. The number of aromatic nitrogens is 5. The molecule has 0 saturated heterocycles. The van der Waals surface area contributed by atoms with E-state index in [2.05, 4.69) is 28.8 Å². The van der Waals surface area contributed by atoms with Crippen LogP contribution < -0.4 is 5.69 Å². The molecule has 0 N–H and O–H groups in total. The average Bonchev–Trinajstić information content (AvgIpc) is 3.28. The normalized spacial score (nSPS) is 11.4. The summed E-state index contributed by atoms with van der Waals surface area (Å²) in [7, 11) is 0. The minimum atomic E-state index is -0.408. The fourth-order valence-corrected chi connectivity index (χ4v) is 3.61. The molecule has 8 heteroatoms. The van der Waals surface area contributed by atoms with Gasteiger partial charge in [0.15, 0.2) is 5.78 Å². The van der Waals surface area contributed by atoms with Gasteiger partial charge < -0.3 is 4.57 Å². The molecule has 7 nitrogen and oxygen atoms in total. The van der Waals surface area contributed by atoms with Crippen molar-refractivity contribution in [3.05, 3.63) is 51.0 Å². The molecular weight excluding hydrogens is 350 g/mol. The standard InChI is InChI=1S/C18H23N5O2S/c1-12(2)7-8-21-13(3)10-15(14(21)4)16(24)11-22-18(25)23(20-19-22)17-6-5-9-26-17/h5-6,9-10,12H,7-8,11H2,1-4H3. The van der Waals surface area contributed by atoms with Crippen LogP contribution in [0, 0.1) is 19.8 Å². The molecule has 0 fully saturated rings. The number of rotatable bonds is 7. The monoisotopic (exact) mass is 373 g/mol. The van der Waals surface area contributed by atoms with Gasteiger partial charge in [-0.25, -0.2) is 4.79 Å². The van der Waals surface area contributed by atoms with Crippen LogP contribution in [0.2, 0.25) is 0 Å². The summed E-state index contributed by atoms with van der Waals surface area (Å²) in [5.41, 5.74) is 2.23. The Morgan fingerprint density at radius 1 is 1.27 bits per heavy atom. The van der Waals surface area contributed by atoms with Crippen molar-refractivity contribution >= 4 is 17.1 Å². The molecule has 0 saturated carbocycles. The van der Waals surface area contributed by atoms with Crippen LogP contribution in [0.4, 0.5) is 0 Å². The van der Waals surface area contributed by atoms with Gasteiger partial charge in [-0.15, -0.1) is 11.3 Å². The van der Waals surface area contributed by atoms with Crippen LogP contribution >= 0.6 is 11.3 Å². The second-order valence-electron chi connectivity index (χ2n) is 6.82. The summed E-state index contributed by atoms with van der Waals surface area (Å²) in [5, 5.41) is 10.3. The number of nitrogens with zero attached hydrogens (tertiary/aromatic N) is 5. The second kappa shape index (κ2) is 7.41. The van der Waals surface area contributed by atoms with E-state index in [0.717, 1.165) is 29.0 Å². The molecule has 138 valence electrons. The van der Waals surface area contributed by atoms with Gasteiger partial charge in [0.1, 0.15) is 11.5 Å². The largest absolute Gasteiger partial charge is 0.369 e. The quantitative estimate of drug-likeness (QED) is 0.597. The molecule has 3 aromatic heterocycles. The molecule has 0 aliphatic heterocycles. The van der Waals surface area contributed by atoms with Gasteiger partial charge in [0, 0.05) is 23.5 Å². The summed E-state index contributed by atoms with van der Waals surface area (Å²) < 4.78 is 4.49. The number of carbonyl (C=O) groups is 1. The topological polar surface area (TPSA) is 74.7 Å². The molecule has 0 aliphatic rings. The van der Waals surface area contributed by atoms with E-state index in [1.54, 1.807) is 6.07 Å². The van der Waals surface area contributed by atoms with Crippen LogP contribution in [0.25, 0.3) is 5.00 Å². The highest BCUT2D eigenvalue weighted by Crippen LogP contribution is 2.18. The van der Waals surface area contributed by atoms with E-state index in [4.69, 9.17) is 0 Å². The third-order valence-electron chi connectivity index (χ3n) is 4.45. The Bertz CT molecular complexity index is 963. The number of ketones is 1. The molecule has 26 heavy (non-hydrogen) atoms. The number of hydrogen-bond acceptors (Lipinski definition) is 5. The third-order valence-corrected chi connectivity index (χ3v) is 5.30. The Morgan fingerprint density at radius 3 is 2.69 bits per heavy atom. The van der Waals surface area contributed by atoms with Gasteiger partial charge in [-0.2, -0.15) is 9.36 Å². The number of carbonyl (C=O) groups excluding carboxylic acids is 1. The minimum absolute atomic E-state index is 0.112. The van der Waals surface area contributed by atoms with Crippen LogP contribution in [-0.4, -0.2) is 30.1 Å². The van der Waals surface area contributed by atoms with Crippen LogP contribution in [0.15, 0.2) is 28.4 Å². The zero-order valence-corrected chi connectivity index (χ0v) is 16.3. The third kappa shape index (κ3) is 3.55. The molecule has 0 aliphatic carbocycles. The van der Waals surface area contributed by atoms with Gasteiger partial charge in [0.25, 0.3) is 0 Å². The van der Waals surface area contributed by atoms with Crippen LogP contribution in [0.1, 0.15) is 42.0 Å². The van der Waals surface area contributed by atoms with E-state index in [0.29, 0.717) is 16.5 Å². The Hall–Kier alpha value is -2.48. The van der Waals surface area contributed by atoms with Crippen molar-refractivity contribution in [1.29, 1.82) is 0 Å². The van der Waals surface area contributed by atoms with Crippen molar-refractivity contribution in [2.45, 2.75) is 47.2 Å². The van der Waals surface area contributed by atoms with E-state index in [1.165, 1.54) is 16.0 Å². The molecule has 3 rings (SSSR count). The fourth-order valence-electron chi connectivity index (χ4n) is 2.94. The summed E-state index contributed by atoms with van der Waals surface area (Å²) in [4.78, 5) is 25.2. The molecule has 3 heterocycles. The van der Waals surface area contributed by atoms with Gasteiger partial charge in [0.05, 0.1) is 0 Å². The lowest BCUT2D eigenvalue weighted by Gasteiger charge is -2.11. The van der Waals surface area contributed by atoms with E-state index in [9.17, 15) is 9.59 Å². The molecule has 0 aromatic carbocycles. The Kier molecular flexibility index (Phi) is 5.22. The van der Waals surface area contributed by atoms with E-state index in [-0.39, 0.29) is 12.3 Å². The number of tetrazole rings is 1. The first kappa shape index (κ1) is 18.3. The lowest BCUT2D eigenvalue weighted by Crippen LogP contribution is -2.27. The first-order valence-corrected chi connectivity index (χ1v) is 9.53. The van der Waals surface area contributed by atoms with E-state index in [1.807, 2.05) is 31.4 Å². The average molecular weight is 373 g/mol. The van der Waals surface area contributed by atoms with E-state index >= 15 is 0 Å². The Morgan fingerprint density at radius 2 is 2.04 bits per heavy atom. The number of Topliss-reactive ketones (excluding diaryl/α,β-unsaturated/α-hetero) is 1. The van der Waals surface area contributed by atoms with Crippen LogP contribution in [0.5, 0.6) is 0 Å². The van der Waals surface area contributed by atoms with E-state index < -0.39 is 5.69 Å². The van der Waals surface area contributed by atoms with Crippen molar-refractivity contribution in [1.82, 2.24) is 24.4 Å². The lowest BCUT2D eigenvalue weighted by molar-refractivity contribution is 0.0964. The van der Waals surface area contributed by atoms with Gasteiger partial charge in [-0.3, -0.25) is 4.79 Å². The summed E-state index contributed by atoms with van der Waals surface area (Å²) in [6.07, 6.45) is 1.05. The van der Waals surface area contributed by atoms with Gasteiger partial charge in [0.2, 0.25) is 0 Å². The van der Waals surface area contributed by atoms with Gasteiger partial charge in [-0.1, -0.05) is 13.8 Å². The summed E-state index contributed by atoms with van der Waals surface area (Å²) in [6.45, 7) is 9.10. The number of thiophene rings is 1. The summed E-state index contributed by atoms with van der Waals surface area (Å²) >= 11 is 1.39. The van der Waals surface area contributed by atoms with Gasteiger partial charge >= 0.3 is 5.69 Å². The molecule has 0 unspecified atom stereocenters. The van der Waals surface area contributed by atoms with Gasteiger partial charge in [-0.05, 0) is 60.2 Å². The maximum Gasteiger partial charge on any atom is 0.369 e. The second-order valence-corrected chi connectivity index (χ2v) is 7.75. The number of aryl methyl sites for hydroxylation is 1. The fraction of sp³-hybridized carbons (Fsp3) is 0.444. The van der Waals surface area contributed by atoms with Crippen molar-refractivity contribution in [2.24, 2.45) is 5.92 Å². The predicted molar refractivity (Wildman–Crippen MR) is 101 cm³/mol. The maximum atomic E-state index is 12.7. The van der Waals surface area contributed by atoms with Crippen molar-refractivity contribution in [2.75, 3.05) is 0 Å². The Labute approximate surface area is 155 Å². The van der Waals surface area contributed by atoms with Crippen molar-refractivity contribution in [3.8, 4) is 5.00 Å². The highest BCUT2D eigenvalue weighted by Gasteiger charge is 2.19. The Balaban J connectivity index is 1.81. The molecule has 0 atom stereocenters. The van der Waals surface area contributed by atoms with Crippen molar-refractivity contribution < 1.29 is 4.79 Å².